The van der Waals surface area contributed by atoms with E-state index >= 15 is 0 Å². The van der Waals surface area contributed by atoms with E-state index < -0.39 is 0 Å². The summed E-state index contributed by atoms with van der Waals surface area (Å²) in [7, 11) is 0. The molecule has 0 heterocycles. The van der Waals surface area contributed by atoms with Crippen LogP contribution in [-0.2, 0) is 6.42 Å². The molecule has 0 aromatic heterocycles. The van der Waals surface area contributed by atoms with Crippen molar-refractivity contribution >= 4 is 5.69 Å². The van der Waals surface area contributed by atoms with Crippen molar-refractivity contribution in [3.63, 3.8) is 0 Å². The number of nitro groups is 1. The zero-order chi connectivity index (χ0) is 13.7. The Morgan fingerprint density at radius 2 is 1.90 bits per heavy atom. The molecule has 4 heteroatoms. The van der Waals surface area contributed by atoms with E-state index in [2.05, 4.69) is 5.32 Å². The van der Waals surface area contributed by atoms with E-state index in [0.29, 0.717) is 6.04 Å². The Bertz CT molecular complexity index is 529. The highest BCUT2D eigenvalue weighted by Crippen LogP contribution is 2.65. The van der Waals surface area contributed by atoms with Gasteiger partial charge in [-0.05, 0) is 55.9 Å². The van der Waals surface area contributed by atoms with Crippen molar-refractivity contribution < 1.29 is 4.92 Å². The second-order valence-corrected chi connectivity index (χ2v) is 6.60. The van der Waals surface area contributed by atoms with Crippen molar-refractivity contribution in [3.8, 4) is 0 Å². The molecule has 3 fully saturated rings. The van der Waals surface area contributed by atoms with E-state index in [9.17, 15) is 10.1 Å². The summed E-state index contributed by atoms with van der Waals surface area (Å²) >= 11 is 0. The number of benzene rings is 1. The number of rotatable bonds is 5. The molecule has 3 aliphatic rings. The second kappa shape index (κ2) is 4.55. The minimum absolute atomic E-state index is 0.255. The van der Waals surface area contributed by atoms with E-state index in [1.165, 1.54) is 19.3 Å². The lowest BCUT2D eigenvalue weighted by Crippen LogP contribution is -2.25. The van der Waals surface area contributed by atoms with Crippen LogP contribution < -0.4 is 5.32 Å². The van der Waals surface area contributed by atoms with Crippen LogP contribution in [0, 0.1) is 33.8 Å². The zero-order valence-electron chi connectivity index (χ0n) is 11.5. The molecule has 0 saturated heterocycles. The van der Waals surface area contributed by atoms with Gasteiger partial charge in [0, 0.05) is 17.7 Å². The van der Waals surface area contributed by atoms with Gasteiger partial charge in [0.1, 0.15) is 0 Å². The van der Waals surface area contributed by atoms with Gasteiger partial charge in [-0.2, -0.15) is 0 Å². The van der Waals surface area contributed by atoms with Crippen LogP contribution in [0.25, 0.3) is 0 Å². The van der Waals surface area contributed by atoms with Crippen molar-refractivity contribution in [1.29, 1.82) is 0 Å². The van der Waals surface area contributed by atoms with Crippen molar-refractivity contribution in [1.82, 2.24) is 5.32 Å². The van der Waals surface area contributed by atoms with Gasteiger partial charge in [0.15, 0.2) is 0 Å². The standard InChI is InChI=1S/C16H20N2O2/c19-18(20)13-4-2-1-3-10(13)7-8-17-16-14-11-5-6-12(9-11)15(14)16/h1-4,11-12,14-17H,5-9H2. The minimum Gasteiger partial charge on any atom is -0.313 e. The van der Waals surface area contributed by atoms with Gasteiger partial charge >= 0.3 is 0 Å². The molecule has 3 aliphatic carbocycles. The van der Waals surface area contributed by atoms with Crippen molar-refractivity contribution in [2.45, 2.75) is 31.7 Å². The third-order valence-electron chi connectivity index (χ3n) is 5.70. The summed E-state index contributed by atoms with van der Waals surface area (Å²) in [6.45, 7) is 0.863. The maximum Gasteiger partial charge on any atom is 0.272 e. The fourth-order valence-corrected chi connectivity index (χ4v) is 4.87. The van der Waals surface area contributed by atoms with Gasteiger partial charge in [-0.1, -0.05) is 18.2 Å². The first-order valence-electron chi connectivity index (χ1n) is 7.71. The quantitative estimate of drug-likeness (QED) is 0.662. The fraction of sp³-hybridized carbons (Fsp3) is 0.625. The molecule has 1 N–H and O–H groups in total. The number of nitrogens with zero attached hydrogens (tertiary/aromatic N) is 1. The smallest absolute Gasteiger partial charge is 0.272 e. The molecule has 3 saturated carbocycles. The summed E-state index contributed by atoms with van der Waals surface area (Å²) in [6.07, 6.45) is 5.10. The third-order valence-corrected chi connectivity index (χ3v) is 5.70. The van der Waals surface area contributed by atoms with Gasteiger partial charge in [-0.25, -0.2) is 0 Å². The Morgan fingerprint density at radius 1 is 1.20 bits per heavy atom. The Kier molecular flexibility index (Phi) is 2.81. The van der Waals surface area contributed by atoms with Crippen molar-refractivity contribution in [2.75, 3.05) is 6.54 Å². The van der Waals surface area contributed by atoms with Crippen molar-refractivity contribution in [3.05, 3.63) is 39.9 Å². The minimum atomic E-state index is -0.276. The molecule has 4 unspecified atom stereocenters. The topological polar surface area (TPSA) is 55.2 Å². The summed E-state index contributed by atoms with van der Waals surface area (Å²) in [6, 6.07) is 7.80. The Morgan fingerprint density at radius 3 is 2.60 bits per heavy atom. The normalized spacial score (nSPS) is 36.9. The molecule has 4 nitrogen and oxygen atoms in total. The molecule has 1 aromatic carbocycles. The SMILES string of the molecule is O=[N+]([O-])c1ccccc1CCNC1C2C3CCC(C3)C12. The second-order valence-electron chi connectivity index (χ2n) is 6.60. The van der Waals surface area contributed by atoms with Crippen LogP contribution in [0.15, 0.2) is 24.3 Å². The Labute approximate surface area is 118 Å². The monoisotopic (exact) mass is 272 g/mol. The Hall–Kier alpha value is -1.42. The van der Waals surface area contributed by atoms with Gasteiger partial charge in [0.25, 0.3) is 5.69 Å². The lowest BCUT2D eigenvalue weighted by molar-refractivity contribution is -0.385. The highest BCUT2D eigenvalue weighted by Gasteiger charge is 2.64. The molecule has 0 amide bonds. The molecule has 0 spiro atoms. The first-order valence-corrected chi connectivity index (χ1v) is 7.71. The van der Waals surface area contributed by atoms with Crippen molar-refractivity contribution in [2.24, 2.45) is 23.7 Å². The maximum absolute atomic E-state index is 11.0. The summed E-state index contributed by atoms with van der Waals surface area (Å²) in [5.74, 6) is 3.82. The number of hydrogen-bond donors (Lipinski definition) is 1. The molecule has 0 aliphatic heterocycles. The van der Waals surface area contributed by atoms with Gasteiger partial charge in [-0.3, -0.25) is 10.1 Å². The van der Waals surface area contributed by atoms with E-state index in [1.54, 1.807) is 12.1 Å². The average Bonchev–Trinajstić information content (AvgIpc) is 2.84. The van der Waals surface area contributed by atoms with Gasteiger partial charge in [0.2, 0.25) is 0 Å². The van der Waals surface area contributed by atoms with E-state index in [4.69, 9.17) is 0 Å². The predicted octanol–water partition coefficient (Wildman–Crippen LogP) is 2.77. The van der Waals surface area contributed by atoms with Crippen LogP contribution in [-0.4, -0.2) is 17.5 Å². The van der Waals surface area contributed by atoms with Crippen LogP contribution in [0.2, 0.25) is 0 Å². The number of fused-ring (bicyclic) bond motifs is 5. The maximum atomic E-state index is 11.0. The van der Waals surface area contributed by atoms with Crippen LogP contribution in [0.5, 0.6) is 0 Å². The van der Waals surface area contributed by atoms with Gasteiger partial charge < -0.3 is 5.32 Å². The Balaban J connectivity index is 1.33. The number of nitrogens with one attached hydrogen (secondary N) is 1. The zero-order valence-corrected chi connectivity index (χ0v) is 11.5. The summed E-state index contributed by atoms with van der Waals surface area (Å²) in [4.78, 5) is 10.7. The van der Waals surface area contributed by atoms with E-state index in [1.807, 2.05) is 12.1 Å². The van der Waals surface area contributed by atoms with Gasteiger partial charge in [0.05, 0.1) is 4.92 Å². The summed E-state index contributed by atoms with van der Waals surface area (Å²) in [5, 5.41) is 14.6. The predicted molar refractivity (Wildman–Crippen MR) is 76.4 cm³/mol. The lowest BCUT2D eigenvalue weighted by atomic mass is 10.0. The molecular formula is C16H20N2O2. The third kappa shape index (κ3) is 1.85. The first kappa shape index (κ1) is 12.3. The molecule has 20 heavy (non-hydrogen) atoms. The van der Waals surface area contributed by atoms with E-state index in [-0.39, 0.29) is 10.6 Å². The summed E-state index contributed by atoms with van der Waals surface area (Å²) in [5.41, 5.74) is 1.10. The molecule has 1 aromatic rings. The fourth-order valence-electron chi connectivity index (χ4n) is 4.87. The van der Waals surface area contributed by atoms with Gasteiger partial charge in [-0.15, -0.1) is 0 Å². The molecule has 0 radical (unpaired) electrons. The summed E-state index contributed by atoms with van der Waals surface area (Å²) < 4.78 is 0. The molecule has 2 bridgehead atoms. The van der Waals surface area contributed by atoms with Crippen LogP contribution in [0.3, 0.4) is 0 Å². The molecule has 106 valence electrons. The molecule has 4 rings (SSSR count). The van der Waals surface area contributed by atoms with Crippen LogP contribution >= 0.6 is 0 Å². The number of nitro benzene ring substituents is 1. The molecule has 4 atom stereocenters. The number of para-hydroxylation sites is 1. The highest BCUT2D eigenvalue weighted by atomic mass is 16.6. The van der Waals surface area contributed by atoms with E-state index in [0.717, 1.165) is 42.2 Å². The number of hydrogen-bond acceptors (Lipinski definition) is 3. The average molecular weight is 272 g/mol. The largest absolute Gasteiger partial charge is 0.313 e. The van der Waals surface area contributed by atoms with Crippen LogP contribution in [0.4, 0.5) is 5.69 Å². The first-order chi connectivity index (χ1) is 9.75. The highest BCUT2D eigenvalue weighted by molar-refractivity contribution is 5.39. The van der Waals surface area contributed by atoms with Crippen LogP contribution in [0.1, 0.15) is 24.8 Å². The lowest BCUT2D eigenvalue weighted by Gasteiger charge is -2.10. The molecular weight excluding hydrogens is 252 g/mol.